The molecule has 1 N–H and O–H groups in total. The fraction of sp³-hybridized carbons (Fsp3) is 0.240. The van der Waals surface area contributed by atoms with Crippen LogP contribution in [0, 0.1) is 11.3 Å². The number of nitriles is 1. The van der Waals surface area contributed by atoms with Gasteiger partial charge in [-0.3, -0.25) is 9.69 Å². The zero-order chi connectivity index (χ0) is 22.3. The van der Waals surface area contributed by atoms with Gasteiger partial charge in [0.05, 0.1) is 18.4 Å². The number of hydrogen-bond donors (Lipinski definition) is 1. The second-order valence-corrected chi connectivity index (χ2v) is 7.51. The first kappa shape index (κ1) is 21.3. The molecule has 4 rings (SSSR count). The van der Waals surface area contributed by atoms with E-state index in [9.17, 15) is 4.79 Å². The average molecular weight is 428 g/mol. The zero-order valence-electron chi connectivity index (χ0n) is 17.9. The quantitative estimate of drug-likeness (QED) is 0.620. The number of hydrogen-bond acceptors (Lipinski definition) is 6. The van der Waals surface area contributed by atoms with Crippen molar-refractivity contribution in [2.24, 2.45) is 0 Å². The van der Waals surface area contributed by atoms with E-state index in [1.807, 2.05) is 36.4 Å². The molecule has 7 nitrogen and oxygen atoms in total. The van der Waals surface area contributed by atoms with Crippen molar-refractivity contribution >= 4 is 12.2 Å². The van der Waals surface area contributed by atoms with Crippen LogP contribution in [0.4, 0.5) is 0 Å². The van der Waals surface area contributed by atoms with Crippen molar-refractivity contribution in [2.75, 3.05) is 20.3 Å². The van der Waals surface area contributed by atoms with Gasteiger partial charge >= 0.3 is 0 Å². The Kier molecular flexibility index (Phi) is 6.63. The molecule has 7 heteroatoms. The maximum Gasteiger partial charge on any atom is 0.255 e. The minimum atomic E-state index is -0.0924. The van der Waals surface area contributed by atoms with Crippen LogP contribution in [0.15, 0.2) is 53.3 Å². The largest absolute Gasteiger partial charge is 0.493 e. The molecule has 0 radical (unpaired) electrons. The molecule has 0 aliphatic carbocycles. The number of methoxy groups -OCH3 is 1. The molecule has 0 saturated heterocycles. The molecular weight excluding hydrogens is 404 g/mol. The number of H-pyrrole nitrogens is 1. The summed E-state index contributed by atoms with van der Waals surface area (Å²) >= 11 is 0. The molecule has 0 unspecified atom stereocenters. The van der Waals surface area contributed by atoms with Crippen molar-refractivity contribution in [2.45, 2.75) is 19.5 Å². The van der Waals surface area contributed by atoms with Crippen LogP contribution in [0.5, 0.6) is 11.5 Å². The Balaban J connectivity index is 1.48. The van der Waals surface area contributed by atoms with Crippen LogP contribution in [-0.4, -0.2) is 35.1 Å². The highest BCUT2D eigenvalue weighted by atomic mass is 16.5. The Labute approximate surface area is 186 Å². The van der Waals surface area contributed by atoms with Crippen LogP contribution in [0.1, 0.15) is 28.2 Å². The summed E-state index contributed by atoms with van der Waals surface area (Å²) < 4.78 is 10.7. The summed E-state index contributed by atoms with van der Waals surface area (Å²) in [6.07, 6.45) is 4.38. The molecule has 2 heterocycles. The Bertz CT molecular complexity index is 1210. The molecule has 2 aromatic carbocycles. The third-order valence-electron chi connectivity index (χ3n) is 5.33. The molecule has 0 fully saturated rings. The van der Waals surface area contributed by atoms with Crippen LogP contribution in [0.3, 0.4) is 0 Å². The van der Waals surface area contributed by atoms with Crippen LogP contribution in [0.25, 0.3) is 12.2 Å². The molecule has 0 spiro atoms. The summed E-state index contributed by atoms with van der Waals surface area (Å²) in [5, 5.41) is 8.68. The van der Waals surface area contributed by atoms with Crippen molar-refractivity contribution < 1.29 is 9.47 Å². The number of nitrogens with one attached hydrogen (secondary N) is 1. The van der Waals surface area contributed by atoms with Crippen LogP contribution in [0.2, 0.25) is 0 Å². The van der Waals surface area contributed by atoms with Crippen molar-refractivity contribution in [3.8, 4) is 17.6 Å². The van der Waals surface area contributed by atoms with Crippen molar-refractivity contribution in [3.63, 3.8) is 0 Å². The van der Waals surface area contributed by atoms with Gasteiger partial charge in [0.15, 0.2) is 18.1 Å². The second-order valence-electron chi connectivity index (χ2n) is 7.51. The number of aromatic nitrogens is 2. The first-order valence-corrected chi connectivity index (χ1v) is 10.4. The highest BCUT2D eigenvalue weighted by molar-refractivity contribution is 5.68. The minimum absolute atomic E-state index is 0.0470. The van der Waals surface area contributed by atoms with Gasteiger partial charge in [0.1, 0.15) is 11.9 Å². The number of aromatic amines is 1. The molecule has 32 heavy (non-hydrogen) atoms. The van der Waals surface area contributed by atoms with Crippen LogP contribution >= 0.6 is 0 Å². The lowest BCUT2D eigenvalue weighted by molar-refractivity contribution is 0.241. The van der Waals surface area contributed by atoms with E-state index in [4.69, 9.17) is 14.7 Å². The number of ether oxygens (including phenoxy) is 2. The van der Waals surface area contributed by atoms with Gasteiger partial charge in [-0.05, 0) is 29.3 Å². The maximum atomic E-state index is 12.7. The van der Waals surface area contributed by atoms with E-state index in [0.717, 1.165) is 36.3 Å². The maximum absolute atomic E-state index is 12.7. The van der Waals surface area contributed by atoms with Gasteiger partial charge in [0.2, 0.25) is 0 Å². The highest BCUT2D eigenvalue weighted by Gasteiger charge is 2.20. The van der Waals surface area contributed by atoms with Gasteiger partial charge in [0, 0.05) is 26.1 Å². The normalized spacial score (nSPS) is 13.5. The van der Waals surface area contributed by atoms with E-state index >= 15 is 0 Å². The van der Waals surface area contributed by atoms with E-state index in [1.54, 1.807) is 25.3 Å². The van der Waals surface area contributed by atoms with Gasteiger partial charge in [-0.2, -0.15) is 5.26 Å². The van der Waals surface area contributed by atoms with E-state index in [0.29, 0.717) is 23.9 Å². The molecule has 0 bridgehead atoms. The Morgan fingerprint density at radius 2 is 2.03 bits per heavy atom. The van der Waals surface area contributed by atoms with Crippen molar-refractivity contribution in [3.05, 3.63) is 87.1 Å². The van der Waals surface area contributed by atoms with Gasteiger partial charge in [0.25, 0.3) is 5.56 Å². The summed E-state index contributed by atoms with van der Waals surface area (Å²) in [7, 11) is 1.55. The lowest BCUT2D eigenvalue weighted by Gasteiger charge is -2.27. The Morgan fingerprint density at radius 1 is 1.19 bits per heavy atom. The standard InChI is InChI=1S/C25H24N4O3/c1-31-23-15-18(7-9-22(23)32-14-12-26)8-10-24-27-21-11-13-29(17-20(21)25(30)28-24)16-19-5-3-2-4-6-19/h2-10,15H,11,13-14,16-17H2,1H3,(H,27,28,30)/b10-8+. The summed E-state index contributed by atoms with van der Waals surface area (Å²) in [5.41, 5.74) is 3.60. The van der Waals surface area contributed by atoms with Crippen molar-refractivity contribution in [1.29, 1.82) is 5.26 Å². The second kappa shape index (κ2) is 9.94. The molecule has 162 valence electrons. The first-order valence-electron chi connectivity index (χ1n) is 10.4. The smallest absolute Gasteiger partial charge is 0.255 e. The number of rotatable bonds is 7. The minimum Gasteiger partial charge on any atom is -0.493 e. The summed E-state index contributed by atoms with van der Waals surface area (Å²) in [5.74, 6) is 1.56. The predicted octanol–water partition coefficient (Wildman–Crippen LogP) is 3.41. The predicted molar refractivity (Wildman–Crippen MR) is 122 cm³/mol. The molecule has 3 aromatic rings. The topological polar surface area (TPSA) is 91.2 Å². The Morgan fingerprint density at radius 3 is 2.81 bits per heavy atom. The molecular formula is C25H24N4O3. The monoisotopic (exact) mass is 428 g/mol. The lowest BCUT2D eigenvalue weighted by atomic mass is 10.1. The SMILES string of the molecule is COc1cc(/C=C/c2nc3c(c(=O)[nH]2)CN(Cc2ccccc2)CC3)ccc1OCC#N. The van der Waals surface area contributed by atoms with Gasteiger partial charge in [-0.15, -0.1) is 0 Å². The summed E-state index contributed by atoms with van der Waals surface area (Å²) in [4.78, 5) is 22.5. The third kappa shape index (κ3) is 5.05. The number of fused-ring (bicyclic) bond motifs is 1. The zero-order valence-corrected chi connectivity index (χ0v) is 17.9. The van der Waals surface area contributed by atoms with Crippen molar-refractivity contribution in [1.82, 2.24) is 14.9 Å². The van der Waals surface area contributed by atoms with Crippen LogP contribution < -0.4 is 15.0 Å². The summed E-state index contributed by atoms with van der Waals surface area (Å²) in [6.45, 7) is 2.23. The molecule has 1 aliphatic heterocycles. The Hall–Kier alpha value is -3.89. The molecule has 0 saturated carbocycles. The molecule has 0 atom stereocenters. The average Bonchev–Trinajstić information content (AvgIpc) is 2.82. The van der Waals surface area contributed by atoms with E-state index in [1.165, 1.54) is 5.56 Å². The van der Waals surface area contributed by atoms with Gasteiger partial charge in [-0.25, -0.2) is 4.98 Å². The highest BCUT2D eigenvalue weighted by Crippen LogP contribution is 2.28. The molecule has 0 amide bonds. The summed E-state index contributed by atoms with van der Waals surface area (Å²) in [6, 6.07) is 17.6. The van der Waals surface area contributed by atoms with Gasteiger partial charge in [-0.1, -0.05) is 42.5 Å². The molecule has 1 aliphatic rings. The van der Waals surface area contributed by atoms with E-state index in [-0.39, 0.29) is 12.2 Å². The lowest BCUT2D eigenvalue weighted by Crippen LogP contribution is -2.35. The number of nitrogens with zero attached hydrogens (tertiary/aromatic N) is 3. The van der Waals surface area contributed by atoms with E-state index in [2.05, 4.69) is 27.0 Å². The van der Waals surface area contributed by atoms with Crippen LogP contribution in [-0.2, 0) is 19.5 Å². The molecule has 1 aromatic heterocycles. The fourth-order valence-electron chi connectivity index (χ4n) is 3.75. The third-order valence-corrected chi connectivity index (χ3v) is 5.33. The number of benzene rings is 2. The van der Waals surface area contributed by atoms with Gasteiger partial charge < -0.3 is 14.5 Å². The van der Waals surface area contributed by atoms with E-state index < -0.39 is 0 Å². The first-order chi connectivity index (χ1) is 15.7. The fourth-order valence-corrected chi connectivity index (χ4v) is 3.75.